The Morgan fingerprint density at radius 1 is 1.03 bits per heavy atom. The van der Waals surface area contributed by atoms with Gasteiger partial charge in [-0.2, -0.15) is 10.1 Å². The van der Waals surface area contributed by atoms with Crippen molar-refractivity contribution in [2.24, 2.45) is 10.3 Å². The summed E-state index contributed by atoms with van der Waals surface area (Å²) in [5.74, 6) is 0.317. The number of imide groups is 1. The van der Waals surface area contributed by atoms with Crippen molar-refractivity contribution in [3.63, 3.8) is 0 Å². The molecule has 0 N–H and O–H groups in total. The lowest BCUT2D eigenvalue weighted by Crippen LogP contribution is -2.39. The first kappa shape index (κ1) is 20.5. The van der Waals surface area contributed by atoms with Crippen LogP contribution in [0.25, 0.3) is 11.4 Å². The van der Waals surface area contributed by atoms with Gasteiger partial charge in [-0.15, -0.1) is 0 Å². The van der Waals surface area contributed by atoms with Gasteiger partial charge in [-0.3, -0.25) is 14.6 Å². The summed E-state index contributed by atoms with van der Waals surface area (Å²) in [7, 11) is 0. The van der Waals surface area contributed by atoms with E-state index in [1.54, 1.807) is 12.1 Å². The van der Waals surface area contributed by atoms with E-state index in [1.165, 1.54) is 9.91 Å². The number of hydrogen-bond donors (Lipinski definition) is 0. The molecular weight excluding hydrogens is 476 g/mol. The van der Waals surface area contributed by atoms with Crippen molar-refractivity contribution in [2.75, 3.05) is 4.90 Å². The van der Waals surface area contributed by atoms with E-state index in [2.05, 4.69) is 50.3 Å². The second kappa shape index (κ2) is 7.94. The molecule has 3 heterocycles. The number of nitrogens with zero attached hydrogens (tertiary/aromatic N) is 6. The molecule has 3 aromatic rings. The van der Waals surface area contributed by atoms with E-state index in [0.717, 1.165) is 15.6 Å². The van der Waals surface area contributed by atoms with Gasteiger partial charge in [-0.25, -0.2) is 4.90 Å². The minimum atomic E-state index is -0.874. The molecule has 10 heteroatoms. The van der Waals surface area contributed by atoms with E-state index in [-0.39, 0.29) is 24.2 Å². The highest BCUT2D eigenvalue weighted by atomic mass is 79.9. The van der Waals surface area contributed by atoms with E-state index >= 15 is 0 Å². The Kier molecular flexibility index (Phi) is 5.09. The fourth-order valence-electron chi connectivity index (χ4n) is 3.79. The van der Waals surface area contributed by atoms with Crippen molar-refractivity contribution in [1.82, 2.24) is 15.1 Å². The summed E-state index contributed by atoms with van der Waals surface area (Å²) >= 11 is 3.39. The summed E-state index contributed by atoms with van der Waals surface area (Å²) in [4.78, 5) is 31.6. The van der Waals surface area contributed by atoms with E-state index in [1.807, 2.05) is 36.4 Å². The summed E-state index contributed by atoms with van der Waals surface area (Å²) in [6.07, 6.45) is 0. The molecule has 0 radical (unpaired) electrons. The summed E-state index contributed by atoms with van der Waals surface area (Å²) in [6.45, 7) is 4.25. The highest BCUT2D eigenvalue weighted by Crippen LogP contribution is 2.33. The van der Waals surface area contributed by atoms with Crippen LogP contribution in [0, 0.1) is 0 Å². The molecule has 1 aromatic heterocycles. The predicted octanol–water partition coefficient (Wildman–Crippen LogP) is 4.12. The van der Waals surface area contributed by atoms with E-state index < -0.39 is 12.1 Å². The Morgan fingerprint density at radius 2 is 1.75 bits per heavy atom. The summed E-state index contributed by atoms with van der Waals surface area (Å²) < 4.78 is 6.29. The number of hydrogen-bond acceptors (Lipinski definition) is 8. The van der Waals surface area contributed by atoms with Gasteiger partial charge in [0.1, 0.15) is 6.54 Å². The monoisotopic (exact) mass is 494 g/mol. The third-order valence-corrected chi connectivity index (χ3v) is 6.07. The normalized spacial score (nSPS) is 20.0. The predicted molar refractivity (Wildman–Crippen MR) is 118 cm³/mol. The van der Waals surface area contributed by atoms with Crippen molar-refractivity contribution in [3.05, 3.63) is 64.5 Å². The van der Waals surface area contributed by atoms with E-state index in [0.29, 0.717) is 17.4 Å². The molecule has 2 amide bonds. The molecule has 0 aliphatic carbocycles. The second-order valence-corrected chi connectivity index (χ2v) is 8.88. The second-order valence-electron chi connectivity index (χ2n) is 7.97. The first-order chi connectivity index (χ1) is 15.4. The number of amides is 2. The van der Waals surface area contributed by atoms with Gasteiger partial charge in [0.05, 0.1) is 5.69 Å². The minimum Gasteiger partial charge on any atom is -0.337 e. The smallest absolute Gasteiger partial charge is 0.263 e. The van der Waals surface area contributed by atoms with Gasteiger partial charge in [0.2, 0.25) is 11.7 Å². The van der Waals surface area contributed by atoms with Gasteiger partial charge in [0.15, 0.2) is 12.1 Å². The van der Waals surface area contributed by atoms with Crippen LogP contribution < -0.4 is 4.90 Å². The summed E-state index contributed by atoms with van der Waals surface area (Å²) in [5.41, 5.74) is 2.46. The SMILES string of the molecule is CC(C)c1ccc(N2C(=O)[C@@H]3[C@@H](N=NN3Cc3nc(-c4ccc(Br)cc4)no3)C2=O)cc1. The molecule has 2 aromatic carbocycles. The standard InChI is InChI=1S/C22H19BrN6O3/c1-12(2)13-5-9-16(10-6-13)29-21(30)18-19(22(29)31)28(27-25-18)11-17-24-20(26-32-17)14-3-7-15(23)8-4-14/h3-10,12,18-19H,11H2,1-2H3/t18-,19+/m1/s1. The highest BCUT2D eigenvalue weighted by Gasteiger charge is 2.55. The summed E-state index contributed by atoms with van der Waals surface area (Å²) in [6, 6.07) is 13.2. The maximum Gasteiger partial charge on any atom is 0.263 e. The van der Waals surface area contributed by atoms with Crippen molar-refractivity contribution in [2.45, 2.75) is 38.4 Å². The Labute approximate surface area is 192 Å². The maximum atomic E-state index is 13.1. The maximum absolute atomic E-state index is 13.1. The van der Waals surface area contributed by atoms with Crippen LogP contribution in [0.2, 0.25) is 0 Å². The van der Waals surface area contributed by atoms with Crippen LogP contribution in [-0.2, 0) is 16.1 Å². The van der Waals surface area contributed by atoms with Crippen LogP contribution in [-0.4, -0.2) is 39.0 Å². The number of benzene rings is 2. The first-order valence-electron chi connectivity index (χ1n) is 10.2. The molecule has 0 bridgehead atoms. The number of carbonyl (C=O) groups excluding carboxylic acids is 2. The fourth-order valence-corrected chi connectivity index (χ4v) is 4.05. The van der Waals surface area contributed by atoms with Gasteiger partial charge >= 0.3 is 0 Å². The molecule has 1 saturated heterocycles. The number of aromatic nitrogens is 2. The molecule has 0 saturated carbocycles. The molecule has 0 unspecified atom stereocenters. The van der Waals surface area contributed by atoms with Crippen molar-refractivity contribution in [1.29, 1.82) is 0 Å². The lowest BCUT2D eigenvalue weighted by Gasteiger charge is -2.19. The number of fused-ring (bicyclic) bond motifs is 1. The lowest BCUT2D eigenvalue weighted by molar-refractivity contribution is -0.123. The van der Waals surface area contributed by atoms with Crippen LogP contribution in [0.1, 0.15) is 31.2 Å². The highest BCUT2D eigenvalue weighted by molar-refractivity contribution is 9.10. The van der Waals surface area contributed by atoms with Crippen molar-refractivity contribution >= 4 is 33.4 Å². The Morgan fingerprint density at radius 3 is 2.44 bits per heavy atom. The van der Waals surface area contributed by atoms with Crippen LogP contribution in [0.5, 0.6) is 0 Å². The molecule has 9 nitrogen and oxygen atoms in total. The molecule has 2 aliphatic rings. The zero-order chi connectivity index (χ0) is 22.4. The van der Waals surface area contributed by atoms with Crippen LogP contribution in [0.4, 0.5) is 5.69 Å². The van der Waals surface area contributed by atoms with Crippen LogP contribution >= 0.6 is 15.9 Å². The molecule has 2 atom stereocenters. The molecule has 32 heavy (non-hydrogen) atoms. The molecule has 1 fully saturated rings. The fraction of sp³-hybridized carbons (Fsp3) is 0.273. The number of halogens is 1. The van der Waals surface area contributed by atoms with Crippen LogP contribution in [0.15, 0.2) is 67.9 Å². The molecule has 0 spiro atoms. The summed E-state index contributed by atoms with van der Waals surface area (Å²) in [5, 5.41) is 13.5. The van der Waals surface area contributed by atoms with Gasteiger partial charge in [-0.1, -0.05) is 52.3 Å². The van der Waals surface area contributed by atoms with E-state index in [4.69, 9.17) is 4.52 Å². The third-order valence-electron chi connectivity index (χ3n) is 5.54. The number of rotatable bonds is 5. The number of carbonyl (C=O) groups is 2. The average Bonchev–Trinajstić information content (AvgIpc) is 3.47. The Balaban J connectivity index is 1.34. The van der Waals surface area contributed by atoms with Gasteiger partial charge in [0.25, 0.3) is 11.8 Å². The van der Waals surface area contributed by atoms with Crippen molar-refractivity contribution < 1.29 is 14.1 Å². The zero-order valence-electron chi connectivity index (χ0n) is 17.3. The van der Waals surface area contributed by atoms with Crippen molar-refractivity contribution in [3.8, 4) is 11.4 Å². The van der Waals surface area contributed by atoms with Gasteiger partial charge in [-0.05, 0) is 47.9 Å². The van der Waals surface area contributed by atoms with Gasteiger partial charge < -0.3 is 4.52 Å². The van der Waals surface area contributed by atoms with Crippen LogP contribution in [0.3, 0.4) is 0 Å². The molecule has 2 aliphatic heterocycles. The molecular formula is C22H19BrN6O3. The average molecular weight is 495 g/mol. The zero-order valence-corrected chi connectivity index (χ0v) is 18.9. The lowest BCUT2D eigenvalue weighted by atomic mass is 10.0. The quantitative estimate of drug-likeness (QED) is 0.494. The largest absolute Gasteiger partial charge is 0.337 e. The first-order valence-corrected chi connectivity index (χ1v) is 11.0. The molecule has 5 rings (SSSR count). The Bertz CT molecular complexity index is 1210. The van der Waals surface area contributed by atoms with Gasteiger partial charge in [0, 0.05) is 10.0 Å². The topological polar surface area (TPSA) is 104 Å². The van der Waals surface area contributed by atoms with E-state index in [9.17, 15) is 9.59 Å². The molecule has 162 valence electrons. The number of anilines is 1. The minimum absolute atomic E-state index is 0.0767. The Hall–Kier alpha value is -3.40. The third kappa shape index (κ3) is 3.50.